The topological polar surface area (TPSA) is 29.9 Å². The molecule has 0 saturated carbocycles. The zero-order valence-corrected chi connectivity index (χ0v) is 14.0. The molecule has 0 radical (unpaired) electrons. The highest BCUT2D eigenvalue weighted by molar-refractivity contribution is 7.71. The van der Waals surface area contributed by atoms with E-state index in [1.807, 2.05) is 19.1 Å². The highest BCUT2D eigenvalue weighted by atomic mass is 32.1. The quantitative estimate of drug-likeness (QED) is 0.492. The first-order chi connectivity index (χ1) is 10.3. The SMILES string of the molecule is CCCCCCCCn1c(=S)[nH]c2c(OCC)cccc21. The van der Waals surface area contributed by atoms with Crippen LogP contribution in [-0.2, 0) is 6.54 Å². The Balaban J connectivity index is 2.04. The minimum absolute atomic E-state index is 0.669. The standard InChI is InChI=1S/C17H26N2OS/c1-3-5-6-7-8-9-13-19-14-11-10-12-15(20-4-2)16(14)18-17(19)21/h10-12H,3-9,13H2,1-2H3,(H,18,21). The number of rotatable bonds is 9. The molecular weight excluding hydrogens is 280 g/mol. The molecule has 0 bridgehead atoms. The Bertz CT molecular complexity index is 615. The van der Waals surface area contributed by atoms with Crippen LogP contribution in [0.4, 0.5) is 0 Å². The molecule has 1 aromatic carbocycles. The molecule has 2 aromatic rings. The van der Waals surface area contributed by atoms with E-state index in [0.29, 0.717) is 6.61 Å². The number of nitrogens with zero attached hydrogens (tertiary/aromatic N) is 1. The molecule has 116 valence electrons. The van der Waals surface area contributed by atoms with Gasteiger partial charge >= 0.3 is 0 Å². The second kappa shape index (κ2) is 8.23. The molecule has 0 amide bonds. The van der Waals surface area contributed by atoms with Gasteiger partial charge in [0.2, 0.25) is 0 Å². The van der Waals surface area contributed by atoms with Gasteiger partial charge in [0, 0.05) is 6.54 Å². The number of aromatic amines is 1. The van der Waals surface area contributed by atoms with E-state index in [-0.39, 0.29) is 0 Å². The van der Waals surface area contributed by atoms with Crippen LogP contribution in [0.5, 0.6) is 5.75 Å². The lowest BCUT2D eigenvalue weighted by molar-refractivity contribution is 0.343. The van der Waals surface area contributed by atoms with Crippen molar-refractivity contribution in [3.05, 3.63) is 23.0 Å². The summed E-state index contributed by atoms with van der Waals surface area (Å²) in [7, 11) is 0. The largest absolute Gasteiger partial charge is 0.492 e. The summed E-state index contributed by atoms with van der Waals surface area (Å²) < 4.78 is 8.66. The molecule has 0 saturated heterocycles. The molecule has 0 aliphatic carbocycles. The molecule has 1 heterocycles. The third-order valence-corrected chi connectivity index (χ3v) is 4.13. The lowest BCUT2D eigenvalue weighted by Gasteiger charge is -2.06. The molecule has 0 spiro atoms. The monoisotopic (exact) mass is 306 g/mol. The number of hydrogen-bond acceptors (Lipinski definition) is 2. The molecule has 0 unspecified atom stereocenters. The molecule has 1 aromatic heterocycles. The molecule has 3 nitrogen and oxygen atoms in total. The van der Waals surface area contributed by atoms with Crippen molar-refractivity contribution < 1.29 is 4.74 Å². The molecule has 21 heavy (non-hydrogen) atoms. The summed E-state index contributed by atoms with van der Waals surface area (Å²) in [6, 6.07) is 6.14. The van der Waals surface area contributed by atoms with Crippen LogP contribution in [-0.4, -0.2) is 16.2 Å². The second-order valence-electron chi connectivity index (χ2n) is 5.43. The van der Waals surface area contributed by atoms with Crippen LogP contribution >= 0.6 is 12.2 Å². The van der Waals surface area contributed by atoms with E-state index >= 15 is 0 Å². The predicted octanol–water partition coefficient (Wildman–Crippen LogP) is 5.46. The maximum absolute atomic E-state index is 5.67. The number of fused-ring (bicyclic) bond motifs is 1. The van der Waals surface area contributed by atoms with Gasteiger partial charge in [-0.05, 0) is 37.7 Å². The Hall–Kier alpha value is -1.29. The molecule has 2 rings (SSSR count). The van der Waals surface area contributed by atoms with E-state index < -0.39 is 0 Å². The summed E-state index contributed by atoms with van der Waals surface area (Å²) in [4.78, 5) is 3.29. The van der Waals surface area contributed by atoms with Gasteiger partial charge in [-0.1, -0.05) is 45.1 Å². The van der Waals surface area contributed by atoms with Crippen LogP contribution in [0, 0.1) is 4.77 Å². The van der Waals surface area contributed by atoms with E-state index in [9.17, 15) is 0 Å². The van der Waals surface area contributed by atoms with Crippen molar-refractivity contribution in [1.82, 2.24) is 9.55 Å². The Labute approximate surface area is 132 Å². The number of imidazole rings is 1. The highest BCUT2D eigenvalue weighted by Crippen LogP contribution is 2.25. The van der Waals surface area contributed by atoms with Crippen molar-refractivity contribution in [2.24, 2.45) is 0 Å². The molecule has 4 heteroatoms. The highest BCUT2D eigenvalue weighted by Gasteiger charge is 2.08. The fourth-order valence-corrected chi connectivity index (χ4v) is 2.99. The number of nitrogens with one attached hydrogen (secondary N) is 1. The van der Waals surface area contributed by atoms with E-state index in [0.717, 1.165) is 28.1 Å². The average molecular weight is 306 g/mol. The van der Waals surface area contributed by atoms with Crippen LogP contribution in [0.3, 0.4) is 0 Å². The Morgan fingerprint density at radius 1 is 1.10 bits per heavy atom. The van der Waals surface area contributed by atoms with E-state index in [2.05, 4.69) is 22.5 Å². The van der Waals surface area contributed by atoms with Crippen LogP contribution in [0.2, 0.25) is 0 Å². The van der Waals surface area contributed by atoms with Crippen LogP contribution in [0.1, 0.15) is 52.4 Å². The Morgan fingerprint density at radius 2 is 1.86 bits per heavy atom. The van der Waals surface area contributed by atoms with Gasteiger partial charge in [0.05, 0.1) is 12.1 Å². The number of para-hydroxylation sites is 1. The van der Waals surface area contributed by atoms with Gasteiger partial charge < -0.3 is 14.3 Å². The van der Waals surface area contributed by atoms with Crippen molar-refractivity contribution in [3.8, 4) is 5.75 Å². The van der Waals surface area contributed by atoms with Crippen LogP contribution in [0.15, 0.2) is 18.2 Å². The van der Waals surface area contributed by atoms with Crippen molar-refractivity contribution in [2.45, 2.75) is 58.9 Å². The molecule has 0 aliphatic rings. The Morgan fingerprint density at radius 3 is 2.62 bits per heavy atom. The summed E-state index contributed by atoms with van der Waals surface area (Å²) in [5.41, 5.74) is 2.18. The van der Waals surface area contributed by atoms with Crippen LogP contribution < -0.4 is 4.74 Å². The molecule has 1 N–H and O–H groups in total. The summed E-state index contributed by atoms with van der Waals surface area (Å²) in [5.74, 6) is 0.891. The maximum atomic E-state index is 5.67. The fourth-order valence-electron chi connectivity index (χ4n) is 2.70. The second-order valence-corrected chi connectivity index (χ2v) is 5.82. The van der Waals surface area contributed by atoms with Gasteiger partial charge in [-0.15, -0.1) is 0 Å². The predicted molar refractivity (Wildman–Crippen MR) is 91.7 cm³/mol. The van der Waals surface area contributed by atoms with E-state index in [4.69, 9.17) is 17.0 Å². The maximum Gasteiger partial charge on any atom is 0.178 e. The number of unbranched alkanes of at least 4 members (excludes halogenated alkanes) is 5. The third-order valence-electron chi connectivity index (χ3n) is 3.81. The van der Waals surface area contributed by atoms with Gasteiger partial charge in [-0.3, -0.25) is 0 Å². The van der Waals surface area contributed by atoms with Gasteiger partial charge in [0.1, 0.15) is 11.3 Å². The van der Waals surface area contributed by atoms with Crippen molar-refractivity contribution in [2.75, 3.05) is 6.61 Å². The molecule has 0 atom stereocenters. The summed E-state index contributed by atoms with van der Waals surface area (Å²) in [6.07, 6.45) is 7.79. The fraction of sp³-hybridized carbons (Fsp3) is 0.588. The van der Waals surface area contributed by atoms with Gasteiger partial charge in [-0.25, -0.2) is 0 Å². The molecular formula is C17H26N2OS. The van der Waals surface area contributed by atoms with Crippen molar-refractivity contribution in [3.63, 3.8) is 0 Å². The number of aryl methyl sites for hydroxylation is 1. The van der Waals surface area contributed by atoms with Crippen LogP contribution in [0.25, 0.3) is 11.0 Å². The van der Waals surface area contributed by atoms with Gasteiger partial charge in [-0.2, -0.15) is 0 Å². The first-order valence-electron chi connectivity index (χ1n) is 8.12. The number of aromatic nitrogens is 2. The van der Waals surface area contributed by atoms with Gasteiger partial charge in [0.25, 0.3) is 0 Å². The minimum atomic E-state index is 0.669. The van der Waals surface area contributed by atoms with Crippen molar-refractivity contribution in [1.29, 1.82) is 0 Å². The van der Waals surface area contributed by atoms with Gasteiger partial charge in [0.15, 0.2) is 4.77 Å². The zero-order chi connectivity index (χ0) is 15.1. The third kappa shape index (κ3) is 4.10. The number of ether oxygens (including phenoxy) is 1. The van der Waals surface area contributed by atoms with E-state index in [1.54, 1.807) is 0 Å². The number of H-pyrrole nitrogens is 1. The summed E-state index contributed by atoms with van der Waals surface area (Å²) >= 11 is 5.47. The minimum Gasteiger partial charge on any atom is -0.492 e. The zero-order valence-electron chi connectivity index (χ0n) is 13.2. The first kappa shape index (κ1) is 16.1. The van der Waals surface area contributed by atoms with E-state index in [1.165, 1.54) is 38.5 Å². The molecule has 0 fully saturated rings. The smallest absolute Gasteiger partial charge is 0.178 e. The first-order valence-corrected chi connectivity index (χ1v) is 8.53. The number of hydrogen-bond donors (Lipinski definition) is 1. The number of benzene rings is 1. The molecule has 0 aliphatic heterocycles. The van der Waals surface area contributed by atoms with Crippen molar-refractivity contribution >= 4 is 23.3 Å². The lowest BCUT2D eigenvalue weighted by atomic mass is 10.1. The lowest BCUT2D eigenvalue weighted by Crippen LogP contribution is -1.98. The Kier molecular flexibility index (Phi) is 6.30. The summed E-state index contributed by atoms with van der Waals surface area (Å²) in [5, 5.41) is 0. The average Bonchev–Trinajstić information content (AvgIpc) is 2.80. The summed E-state index contributed by atoms with van der Waals surface area (Å²) in [6.45, 7) is 5.91. The normalized spacial score (nSPS) is 11.1.